The van der Waals surface area contributed by atoms with Gasteiger partial charge >= 0.3 is 0 Å². The molecule has 2 aliphatic rings. The second-order valence-corrected chi connectivity index (χ2v) is 9.84. The Morgan fingerprint density at radius 1 is 1.00 bits per heavy atom. The van der Waals surface area contributed by atoms with E-state index in [2.05, 4.69) is 18.7 Å². The molecule has 0 aliphatic carbocycles. The molecular weight excluding hydrogens is 457 g/mol. The van der Waals surface area contributed by atoms with Gasteiger partial charge in [0.2, 0.25) is 0 Å². The van der Waals surface area contributed by atoms with Crippen molar-refractivity contribution in [3.63, 3.8) is 0 Å². The van der Waals surface area contributed by atoms with Gasteiger partial charge in [-0.1, -0.05) is 25.5 Å². The van der Waals surface area contributed by atoms with Crippen LogP contribution in [0.3, 0.4) is 0 Å². The maximum atomic E-state index is 15.0. The van der Waals surface area contributed by atoms with Crippen molar-refractivity contribution in [1.82, 2.24) is 4.90 Å². The number of ether oxygens (including phenoxy) is 2. The molecule has 5 nitrogen and oxygen atoms in total. The molecule has 0 radical (unpaired) electrons. The van der Waals surface area contributed by atoms with Gasteiger partial charge in [-0.3, -0.25) is 4.90 Å². The van der Waals surface area contributed by atoms with Crippen LogP contribution >= 0.6 is 0 Å². The first-order valence-electron chi connectivity index (χ1n) is 12.5. The highest BCUT2D eigenvalue weighted by atomic mass is 19.1. The largest absolute Gasteiger partial charge is 0.508 e. The lowest BCUT2D eigenvalue weighted by Gasteiger charge is -2.42. The van der Waals surface area contributed by atoms with Crippen molar-refractivity contribution in [1.29, 1.82) is 0 Å². The maximum Gasteiger partial charge on any atom is 0.150 e. The summed E-state index contributed by atoms with van der Waals surface area (Å²) in [6.45, 7) is 9.20. The van der Waals surface area contributed by atoms with Crippen molar-refractivity contribution in [2.75, 3.05) is 19.7 Å². The molecular formula is C30H32FNO4. The van der Waals surface area contributed by atoms with E-state index in [0.717, 1.165) is 35.9 Å². The zero-order valence-corrected chi connectivity index (χ0v) is 20.9. The lowest BCUT2D eigenvalue weighted by molar-refractivity contribution is 0.0361. The van der Waals surface area contributed by atoms with Crippen LogP contribution in [0.2, 0.25) is 0 Å². The van der Waals surface area contributed by atoms with Gasteiger partial charge in [0.1, 0.15) is 41.5 Å². The van der Waals surface area contributed by atoms with Crippen LogP contribution in [0.5, 0.6) is 23.0 Å². The van der Waals surface area contributed by atoms with E-state index in [0.29, 0.717) is 29.5 Å². The first-order valence-corrected chi connectivity index (χ1v) is 12.5. The van der Waals surface area contributed by atoms with E-state index in [9.17, 15) is 14.6 Å². The molecule has 188 valence electrons. The Kier molecular flexibility index (Phi) is 6.63. The molecule has 5 rings (SSSR count). The lowest BCUT2D eigenvalue weighted by atomic mass is 9.86. The number of phenols is 2. The summed E-state index contributed by atoms with van der Waals surface area (Å²) >= 11 is 0. The summed E-state index contributed by atoms with van der Waals surface area (Å²) < 4.78 is 27.4. The van der Waals surface area contributed by atoms with Gasteiger partial charge in [0.25, 0.3) is 0 Å². The number of aromatic hydroxyl groups is 2. The molecule has 3 aromatic carbocycles. The zero-order chi connectivity index (χ0) is 25.4. The van der Waals surface area contributed by atoms with Crippen LogP contribution in [-0.4, -0.2) is 40.9 Å². The number of hydrogen-bond acceptors (Lipinski definition) is 5. The number of nitrogens with zero attached hydrogens (tertiary/aromatic N) is 1. The number of allylic oxidation sites excluding steroid dienone is 1. The fraction of sp³-hybridized carbons (Fsp3) is 0.333. The van der Waals surface area contributed by atoms with Crippen molar-refractivity contribution in [2.45, 2.75) is 39.3 Å². The van der Waals surface area contributed by atoms with Crippen LogP contribution in [0.15, 0.2) is 60.7 Å². The van der Waals surface area contributed by atoms with Crippen LogP contribution in [0.25, 0.3) is 11.1 Å². The average molecular weight is 490 g/mol. The van der Waals surface area contributed by atoms with Gasteiger partial charge in [-0.2, -0.15) is 0 Å². The fourth-order valence-electron chi connectivity index (χ4n) is 5.03. The SMILES string of the molecule is CCC1CN([C@@H](C)COc2ccc(C3Oc4ccc(O)cc4C(C)=C3c3cc(O)ccc3F)cc2)C1. The van der Waals surface area contributed by atoms with E-state index >= 15 is 0 Å². The molecule has 1 saturated heterocycles. The normalized spacial score (nSPS) is 18.8. The minimum absolute atomic E-state index is 0.0301. The highest BCUT2D eigenvalue weighted by Crippen LogP contribution is 2.48. The summed E-state index contributed by atoms with van der Waals surface area (Å²) in [6, 6.07) is 16.9. The monoisotopic (exact) mass is 489 g/mol. The van der Waals surface area contributed by atoms with Gasteiger partial charge in [0.05, 0.1) is 0 Å². The summed E-state index contributed by atoms with van der Waals surface area (Å²) in [7, 11) is 0. The fourth-order valence-corrected chi connectivity index (χ4v) is 5.03. The van der Waals surface area contributed by atoms with E-state index in [1.165, 1.54) is 24.6 Å². The Labute approximate surface area is 211 Å². The predicted octanol–water partition coefficient (Wildman–Crippen LogP) is 6.41. The Hall–Kier alpha value is -3.51. The van der Waals surface area contributed by atoms with Gasteiger partial charge in [-0.15, -0.1) is 0 Å². The summed E-state index contributed by atoms with van der Waals surface area (Å²) in [5.41, 5.74) is 3.16. The van der Waals surface area contributed by atoms with Gasteiger partial charge in [-0.25, -0.2) is 4.39 Å². The standard InChI is InChI=1S/C30H32FNO4/c1-4-20-15-32(16-20)18(2)17-35-24-9-5-21(6-10-24)30-29(26-14-22(33)7-11-27(26)31)19(3)25-13-23(34)8-12-28(25)36-30/h5-14,18,20,30,33-34H,4,15-17H2,1-3H3/t18-,30?/m0/s1. The quantitative estimate of drug-likeness (QED) is 0.402. The topological polar surface area (TPSA) is 62.2 Å². The van der Waals surface area contributed by atoms with Crippen LogP contribution in [0.1, 0.15) is 50.0 Å². The number of rotatable bonds is 7. The highest BCUT2D eigenvalue weighted by Gasteiger charge is 2.32. The van der Waals surface area contributed by atoms with Gasteiger partial charge in [0, 0.05) is 35.8 Å². The number of likely N-dealkylation sites (tertiary alicyclic amines) is 1. The average Bonchev–Trinajstić information content (AvgIpc) is 2.84. The van der Waals surface area contributed by atoms with Gasteiger partial charge in [0.15, 0.2) is 0 Å². The van der Waals surface area contributed by atoms with Crippen molar-refractivity contribution < 1.29 is 24.1 Å². The Bertz CT molecular complexity index is 1280. The second-order valence-electron chi connectivity index (χ2n) is 9.84. The van der Waals surface area contributed by atoms with E-state index in [1.807, 2.05) is 31.2 Å². The Morgan fingerprint density at radius 3 is 2.36 bits per heavy atom. The molecule has 0 bridgehead atoms. The first kappa shape index (κ1) is 24.2. The molecule has 2 heterocycles. The van der Waals surface area contributed by atoms with E-state index in [1.54, 1.807) is 18.2 Å². The highest BCUT2D eigenvalue weighted by molar-refractivity contribution is 5.96. The Balaban J connectivity index is 1.42. The summed E-state index contributed by atoms with van der Waals surface area (Å²) in [5.74, 6) is 1.80. The molecule has 1 unspecified atom stereocenters. The summed E-state index contributed by atoms with van der Waals surface area (Å²) in [4.78, 5) is 2.44. The van der Waals surface area contributed by atoms with Crippen LogP contribution < -0.4 is 9.47 Å². The Morgan fingerprint density at radius 2 is 1.67 bits per heavy atom. The van der Waals surface area contributed by atoms with Crippen LogP contribution in [-0.2, 0) is 0 Å². The molecule has 0 saturated carbocycles. The molecule has 36 heavy (non-hydrogen) atoms. The van der Waals surface area contributed by atoms with Gasteiger partial charge in [-0.05, 0) is 79.4 Å². The number of halogens is 1. The van der Waals surface area contributed by atoms with Crippen LogP contribution in [0, 0.1) is 11.7 Å². The molecule has 1 fully saturated rings. The van der Waals surface area contributed by atoms with Crippen LogP contribution in [0.4, 0.5) is 4.39 Å². The predicted molar refractivity (Wildman–Crippen MR) is 139 cm³/mol. The molecule has 0 aromatic heterocycles. The third-order valence-electron chi connectivity index (χ3n) is 7.38. The van der Waals surface area contributed by atoms with Crippen molar-refractivity contribution in [3.05, 3.63) is 83.2 Å². The van der Waals surface area contributed by atoms with E-state index < -0.39 is 11.9 Å². The number of hydrogen-bond donors (Lipinski definition) is 2. The lowest BCUT2D eigenvalue weighted by Crippen LogP contribution is -2.52. The van der Waals surface area contributed by atoms with Gasteiger partial charge < -0.3 is 19.7 Å². The number of phenolic OH excluding ortho intramolecular Hbond substituents is 2. The second kappa shape index (κ2) is 9.86. The molecule has 2 aliphatic heterocycles. The van der Waals surface area contributed by atoms with Crippen molar-refractivity contribution in [2.24, 2.45) is 5.92 Å². The van der Waals surface area contributed by atoms with Crippen molar-refractivity contribution >= 4 is 11.1 Å². The third kappa shape index (κ3) is 4.65. The third-order valence-corrected chi connectivity index (χ3v) is 7.38. The minimum atomic E-state index is -0.599. The summed E-state index contributed by atoms with van der Waals surface area (Å²) in [5, 5.41) is 20.1. The molecule has 0 amide bonds. The smallest absolute Gasteiger partial charge is 0.150 e. The number of fused-ring (bicyclic) bond motifs is 1. The summed E-state index contributed by atoms with van der Waals surface area (Å²) in [6.07, 6.45) is 0.626. The maximum absolute atomic E-state index is 15.0. The molecule has 3 aromatic rings. The number of benzene rings is 3. The first-order chi connectivity index (χ1) is 17.3. The molecule has 6 heteroatoms. The zero-order valence-electron chi connectivity index (χ0n) is 20.9. The van der Waals surface area contributed by atoms with E-state index in [4.69, 9.17) is 9.47 Å². The molecule has 0 spiro atoms. The van der Waals surface area contributed by atoms with Crippen molar-refractivity contribution in [3.8, 4) is 23.0 Å². The molecule has 2 N–H and O–H groups in total. The molecule has 2 atom stereocenters. The van der Waals surface area contributed by atoms with E-state index in [-0.39, 0.29) is 17.1 Å². The minimum Gasteiger partial charge on any atom is -0.508 e.